The van der Waals surface area contributed by atoms with E-state index in [0.29, 0.717) is 4.90 Å². The highest BCUT2D eigenvalue weighted by atomic mass is 32.2. The highest BCUT2D eigenvalue weighted by Gasteiger charge is 2.28. The quantitative estimate of drug-likeness (QED) is 0.940. The lowest BCUT2D eigenvalue weighted by Crippen LogP contribution is -2.25. The molecule has 1 saturated carbocycles. The summed E-state index contributed by atoms with van der Waals surface area (Å²) in [6.07, 6.45) is 3.59. The molecule has 0 radical (unpaired) electrons. The van der Waals surface area contributed by atoms with Gasteiger partial charge in [0.15, 0.2) is 0 Å². The van der Waals surface area contributed by atoms with Crippen molar-refractivity contribution in [3.8, 4) is 11.1 Å². The average molecular weight is 288 g/mol. The molecule has 104 valence electrons. The smallest absolute Gasteiger partial charge is 0.240 e. The van der Waals surface area contributed by atoms with Gasteiger partial charge in [0, 0.05) is 23.5 Å². The van der Waals surface area contributed by atoms with Crippen molar-refractivity contribution in [1.82, 2.24) is 9.71 Å². The monoisotopic (exact) mass is 288 g/mol. The predicted molar refractivity (Wildman–Crippen MR) is 77.8 cm³/mol. The molecule has 4 nitrogen and oxygen atoms in total. The zero-order valence-electron chi connectivity index (χ0n) is 11.2. The molecule has 0 aliphatic heterocycles. The van der Waals surface area contributed by atoms with Crippen molar-refractivity contribution in [3.63, 3.8) is 0 Å². The SMILES string of the molecule is Cc1ncccc1-c1cccc(S(=O)(=O)NC2CC2)c1. The van der Waals surface area contributed by atoms with E-state index >= 15 is 0 Å². The van der Waals surface area contributed by atoms with Gasteiger partial charge in [0.1, 0.15) is 0 Å². The summed E-state index contributed by atoms with van der Waals surface area (Å²) in [4.78, 5) is 4.55. The van der Waals surface area contributed by atoms with Crippen LogP contribution in [-0.4, -0.2) is 19.4 Å². The maximum absolute atomic E-state index is 12.2. The number of rotatable bonds is 4. The van der Waals surface area contributed by atoms with Crippen LogP contribution in [0.4, 0.5) is 0 Å². The summed E-state index contributed by atoms with van der Waals surface area (Å²) < 4.78 is 27.1. The first-order chi connectivity index (χ1) is 9.56. The van der Waals surface area contributed by atoms with E-state index in [0.717, 1.165) is 29.7 Å². The van der Waals surface area contributed by atoms with Crippen LogP contribution in [-0.2, 0) is 10.0 Å². The van der Waals surface area contributed by atoms with Crippen LogP contribution >= 0.6 is 0 Å². The molecule has 2 aromatic rings. The Morgan fingerprint density at radius 3 is 2.70 bits per heavy atom. The fourth-order valence-corrected chi connectivity index (χ4v) is 3.46. The Labute approximate surface area is 118 Å². The third kappa shape index (κ3) is 2.73. The van der Waals surface area contributed by atoms with E-state index in [-0.39, 0.29) is 6.04 Å². The number of nitrogens with zero attached hydrogens (tertiary/aromatic N) is 1. The zero-order chi connectivity index (χ0) is 14.2. The number of aryl methyl sites for hydroxylation is 1. The molecule has 1 aliphatic carbocycles. The number of aromatic nitrogens is 1. The van der Waals surface area contributed by atoms with E-state index in [1.807, 2.05) is 25.1 Å². The van der Waals surface area contributed by atoms with Gasteiger partial charge in [-0.2, -0.15) is 0 Å². The second-order valence-electron chi connectivity index (χ2n) is 5.06. The third-order valence-corrected chi connectivity index (χ3v) is 4.88. The van der Waals surface area contributed by atoms with Crippen LogP contribution in [0, 0.1) is 6.92 Å². The molecular weight excluding hydrogens is 272 g/mol. The summed E-state index contributed by atoms with van der Waals surface area (Å²) in [7, 11) is -3.41. The van der Waals surface area contributed by atoms with Crippen LogP contribution in [0.15, 0.2) is 47.5 Å². The Bertz CT molecular complexity index is 737. The Morgan fingerprint density at radius 2 is 2.00 bits per heavy atom. The maximum atomic E-state index is 12.2. The molecule has 1 fully saturated rings. The molecule has 0 spiro atoms. The number of hydrogen-bond donors (Lipinski definition) is 1. The number of nitrogens with one attached hydrogen (secondary N) is 1. The van der Waals surface area contributed by atoms with Gasteiger partial charge in [0.25, 0.3) is 0 Å². The summed E-state index contributed by atoms with van der Waals surface area (Å²) >= 11 is 0. The van der Waals surface area contributed by atoms with Crippen LogP contribution in [0.1, 0.15) is 18.5 Å². The van der Waals surface area contributed by atoms with Crippen LogP contribution < -0.4 is 4.72 Å². The number of pyridine rings is 1. The van der Waals surface area contributed by atoms with Crippen LogP contribution in [0.3, 0.4) is 0 Å². The Hall–Kier alpha value is -1.72. The van der Waals surface area contributed by atoms with Gasteiger partial charge < -0.3 is 0 Å². The van der Waals surface area contributed by atoms with Crippen molar-refractivity contribution in [1.29, 1.82) is 0 Å². The highest BCUT2D eigenvalue weighted by Crippen LogP contribution is 2.26. The summed E-state index contributed by atoms with van der Waals surface area (Å²) in [5, 5.41) is 0. The first-order valence-electron chi connectivity index (χ1n) is 6.61. The molecule has 1 aliphatic rings. The Morgan fingerprint density at radius 1 is 1.20 bits per heavy atom. The molecule has 1 N–H and O–H groups in total. The first-order valence-corrected chi connectivity index (χ1v) is 8.09. The van der Waals surface area contributed by atoms with Crippen molar-refractivity contribution in [2.75, 3.05) is 0 Å². The molecule has 0 amide bonds. The minimum Gasteiger partial charge on any atom is -0.261 e. The molecule has 3 rings (SSSR count). The molecule has 1 aromatic carbocycles. The molecule has 5 heteroatoms. The standard InChI is InChI=1S/C15H16N2O2S/c1-11-15(6-3-9-16-11)12-4-2-5-14(10-12)20(18,19)17-13-7-8-13/h2-6,9-10,13,17H,7-8H2,1H3. The highest BCUT2D eigenvalue weighted by molar-refractivity contribution is 7.89. The molecule has 0 atom stereocenters. The van der Waals surface area contributed by atoms with Gasteiger partial charge in [-0.25, -0.2) is 13.1 Å². The number of hydrogen-bond acceptors (Lipinski definition) is 3. The molecule has 0 saturated heterocycles. The maximum Gasteiger partial charge on any atom is 0.240 e. The predicted octanol–water partition coefficient (Wildman–Crippen LogP) is 2.50. The van der Waals surface area contributed by atoms with Crippen LogP contribution in [0.5, 0.6) is 0 Å². The third-order valence-electron chi connectivity index (χ3n) is 3.36. The lowest BCUT2D eigenvalue weighted by atomic mass is 10.1. The minimum atomic E-state index is -3.41. The summed E-state index contributed by atoms with van der Waals surface area (Å²) in [5.74, 6) is 0. The minimum absolute atomic E-state index is 0.115. The summed E-state index contributed by atoms with van der Waals surface area (Å²) in [5.41, 5.74) is 2.71. The molecule has 0 bridgehead atoms. The van der Waals surface area contributed by atoms with Gasteiger partial charge >= 0.3 is 0 Å². The van der Waals surface area contributed by atoms with Crippen molar-refractivity contribution >= 4 is 10.0 Å². The van der Waals surface area contributed by atoms with Crippen molar-refractivity contribution in [2.45, 2.75) is 30.7 Å². The van der Waals surface area contributed by atoms with E-state index in [9.17, 15) is 8.42 Å². The van der Waals surface area contributed by atoms with E-state index in [2.05, 4.69) is 9.71 Å². The molecule has 1 aromatic heterocycles. The van der Waals surface area contributed by atoms with Gasteiger partial charge in [-0.3, -0.25) is 4.98 Å². The molecule has 1 heterocycles. The van der Waals surface area contributed by atoms with E-state index in [1.54, 1.807) is 24.4 Å². The van der Waals surface area contributed by atoms with Gasteiger partial charge in [-0.1, -0.05) is 18.2 Å². The van der Waals surface area contributed by atoms with Gasteiger partial charge in [-0.05, 0) is 43.5 Å². The second kappa shape index (κ2) is 5.00. The lowest BCUT2D eigenvalue weighted by Gasteiger charge is -2.09. The zero-order valence-corrected chi connectivity index (χ0v) is 12.0. The topological polar surface area (TPSA) is 59.1 Å². The van der Waals surface area contributed by atoms with Crippen molar-refractivity contribution in [2.24, 2.45) is 0 Å². The van der Waals surface area contributed by atoms with Gasteiger partial charge in [-0.15, -0.1) is 0 Å². The van der Waals surface area contributed by atoms with Crippen LogP contribution in [0.25, 0.3) is 11.1 Å². The first kappa shape index (κ1) is 13.3. The van der Waals surface area contributed by atoms with E-state index in [4.69, 9.17) is 0 Å². The van der Waals surface area contributed by atoms with Gasteiger partial charge in [0.05, 0.1) is 4.90 Å². The number of benzene rings is 1. The van der Waals surface area contributed by atoms with Gasteiger partial charge in [0.2, 0.25) is 10.0 Å². The average Bonchev–Trinajstić information content (AvgIpc) is 3.23. The largest absolute Gasteiger partial charge is 0.261 e. The number of sulfonamides is 1. The van der Waals surface area contributed by atoms with E-state index < -0.39 is 10.0 Å². The normalized spacial score (nSPS) is 15.2. The Kier molecular flexibility index (Phi) is 3.31. The van der Waals surface area contributed by atoms with Crippen molar-refractivity contribution < 1.29 is 8.42 Å². The molecular formula is C15H16N2O2S. The summed E-state index contributed by atoms with van der Waals surface area (Å²) in [6, 6.07) is 10.9. The van der Waals surface area contributed by atoms with E-state index in [1.165, 1.54) is 0 Å². The fourth-order valence-electron chi connectivity index (χ4n) is 2.11. The molecule has 0 unspecified atom stereocenters. The van der Waals surface area contributed by atoms with Crippen LogP contribution in [0.2, 0.25) is 0 Å². The fraction of sp³-hybridized carbons (Fsp3) is 0.267. The lowest BCUT2D eigenvalue weighted by molar-refractivity contribution is 0.581. The summed E-state index contributed by atoms with van der Waals surface area (Å²) in [6.45, 7) is 1.92. The second-order valence-corrected chi connectivity index (χ2v) is 6.77. The Balaban J connectivity index is 1.99. The molecule has 20 heavy (non-hydrogen) atoms. The van der Waals surface area contributed by atoms with Crippen molar-refractivity contribution in [3.05, 3.63) is 48.3 Å².